The molecule has 0 bridgehead atoms. The van der Waals surface area contributed by atoms with Crippen molar-refractivity contribution in [2.45, 2.75) is 24.0 Å². The van der Waals surface area contributed by atoms with Gasteiger partial charge in [-0.2, -0.15) is 23.5 Å². The van der Waals surface area contributed by atoms with E-state index in [1.165, 1.54) is 30.1 Å². The Bertz CT molecular complexity index is 420. The average molecular weight is 302 g/mol. The van der Waals surface area contributed by atoms with Crippen molar-refractivity contribution in [3.63, 3.8) is 0 Å². The Morgan fingerprint density at radius 1 is 1.33 bits per heavy atom. The number of halogens is 1. The Kier molecular flexibility index (Phi) is 4.21. The molecular formula is C12H16ClN3S2. The Labute approximate surface area is 121 Å². The molecule has 3 nitrogen and oxygen atoms in total. The van der Waals surface area contributed by atoms with Gasteiger partial charge in [0.1, 0.15) is 16.8 Å². The molecule has 1 aromatic heterocycles. The maximum atomic E-state index is 6.04. The maximum absolute atomic E-state index is 6.04. The van der Waals surface area contributed by atoms with E-state index in [1.807, 2.05) is 29.6 Å². The van der Waals surface area contributed by atoms with E-state index >= 15 is 0 Å². The first-order valence-electron chi connectivity index (χ1n) is 6.29. The highest BCUT2D eigenvalue weighted by atomic mass is 35.5. The van der Waals surface area contributed by atoms with E-state index in [-0.39, 0.29) is 0 Å². The van der Waals surface area contributed by atoms with Gasteiger partial charge in [0, 0.05) is 41.0 Å². The second-order valence-corrected chi connectivity index (χ2v) is 7.60. The Morgan fingerprint density at radius 3 is 2.94 bits per heavy atom. The van der Waals surface area contributed by atoms with Gasteiger partial charge in [0.05, 0.1) is 0 Å². The van der Waals surface area contributed by atoms with Crippen molar-refractivity contribution >= 4 is 40.9 Å². The maximum Gasteiger partial charge on any atom is 0.135 e. The van der Waals surface area contributed by atoms with Gasteiger partial charge in [-0.15, -0.1) is 0 Å². The first-order chi connectivity index (χ1) is 8.81. The van der Waals surface area contributed by atoms with Gasteiger partial charge in [-0.3, -0.25) is 0 Å². The van der Waals surface area contributed by atoms with Gasteiger partial charge in [0.25, 0.3) is 0 Å². The Hall–Kier alpha value is -0.130. The summed E-state index contributed by atoms with van der Waals surface area (Å²) in [4.78, 5) is 8.85. The minimum atomic E-state index is 0.545. The first-order valence-corrected chi connectivity index (χ1v) is 8.87. The molecule has 0 spiro atoms. The van der Waals surface area contributed by atoms with Crippen molar-refractivity contribution in [3.05, 3.63) is 17.0 Å². The molecule has 2 fully saturated rings. The van der Waals surface area contributed by atoms with Crippen LogP contribution in [0.5, 0.6) is 0 Å². The van der Waals surface area contributed by atoms with Gasteiger partial charge in [-0.25, -0.2) is 9.97 Å². The molecule has 1 unspecified atom stereocenters. The molecule has 1 saturated heterocycles. The zero-order valence-corrected chi connectivity index (χ0v) is 12.5. The largest absolute Gasteiger partial charge is 0.369 e. The lowest BCUT2D eigenvalue weighted by Crippen LogP contribution is -2.23. The van der Waals surface area contributed by atoms with Crippen LogP contribution >= 0.6 is 35.1 Å². The molecule has 0 aromatic carbocycles. The van der Waals surface area contributed by atoms with Crippen LogP contribution in [0.4, 0.5) is 5.82 Å². The van der Waals surface area contributed by atoms with Gasteiger partial charge in [0.15, 0.2) is 0 Å². The summed E-state index contributed by atoms with van der Waals surface area (Å²) in [5.74, 6) is 6.11. The minimum Gasteiger partial charge on any atom is -0.369 e. The molecule has 1 saturated carbocycles. The van der Waals surface area contributed by atoms with Crippen LogP contribution in [0.2, 0.25) is 5.15 Å². The minimum absolute atomic E-state index is 0.545. The fourth-order valence-corrected chi connectivity index (χ4v) is 4.72. The molecular weight excluding hydrogens is 286 g/mol. The summed E-state index contributed by atoms with van der Waals surface area (Å²) in [5, 5.41) is 4.65. The smallest absolute Gasteiger partial charge is 0.135 e. The van der Waals surface area contributed by atoms with E-state index in [2.05, 4.69) is 15.3 Å². The third-order valence-electron chi connectivity index (χ3n) is 3.05. The predicted octanol–water partition coefficient (Wildman–Crippen LogP) is 3.27. The highest BCUT2D eigenvalue weighted by molar-refractivity contribution is 8.06. The molecule has 1 aromatic rings. The zero-order valence-electron chi connectivity index (χ0n) is 10.1. The van der Waals surface area contributed by atoms with Gasteiger partial charge < -0.3 is 5.32 Å². The fourth-order valence-electron chi connectivity index (χ4n) is 1.92. The van der Waals surface area contributed by atoms with Crippen LogP contribution in [0.15, 0.2) is 6.07 Å². The number of aromatic nitrogens is 2. The van der Waals surface area contributed by atoms with Crippen LogP contribution in [-0.2, 0) is 0 Å². The standard InChI is InChI=1S/C12H16ClN3S2/c13-10-5-11(16-12(15-10)8-1-2-8)14-6-9-7-17-3-4-18-9/h5,8-9H,1-4,6-7H2,(H,14,15,16). The lowest BCUT2D eigenvalue weighted by atomic mass is 10.4. The molecule has 0 amide bonds. The molecule has 2 heterocycles. The van der Waals surface area contributed by atoms with Crippen molar-refractivity contribution < 1.29 is 0 Å². The van der Waals surface area contributed by atoms with Crippen LogP contribution in [0.1, 0.15) is 24.6 Å². The molecule has 1 atom stereocenters. The SMILES string of the molecule is Clc1cc(NCC2CSCCS2)nc(C2CC2)n1. The molecule has 18 heavy (non-hydrogen) atoms. The number of anilines is 1. The number of hydrogen-bond acceptors (Lipinski definition) is 5. The molecule has 98 valence electrons. The van der Waals surface area contributed by atoms with Crippen LogP contribution in [0.25, 0.3) is 0 Å². The summed E-state index contributed by atoms with van der Waals surface area (Å²) >= 11 is 10.1. The van der Waals surface area contributed by atoms with Gasteiger partial charge >= 0.3 is 0 Å². The summed E-state index contributed by atoms with van der Waals surface area (Å²) in [5.41, 5.74) is 0. The van der Waals surface area contributed by atoms with E-state index in [0.29, 0.717) is 16.3 Å². The number of rotatable bonds is 4. The Balaban J connectivity index is 1.60. The van der Waals surface area contributed by atoms with E-state index in [4.69, 9.17) is 11.6 Å². The van der Waals surface area contributed by atoms with Gasteiger partial charge in [-0.05, 0) is 12.8 Å². The predicted molar refractivity (Wildman–Crippen MR) is 81.1 cm³/mol. The molecule has 1 N–H and O–H groups in total. The average Bonchev–Trinajstić information content (AvgIpc) is 3.21. The lowest BCUT2D eigenvalue weighted by Gasteiger charge is -2.21. The monoisotopic (exact) mass is 301 g/mol. The molecule has 2 aliphatic rings. The van der Waals surface area contributed by atoms with Crippen LogP contribution in [0.3, 0.4) is 0 Å². The Morgan fingerprint density at radius 2 is 2.22 bits per heavy atom. The summed E-state index contributed by atoms with van der Waals surface area (Å²) < 4.78 is 0. The fraction of sp³-hybridized carbons (Fsp3) is 0.667. The first kappa shape index (κ1) is 12.9. The van der Waals surface area contributed by atoms with Crippen molar-refractivity contribution in [1.29, 1.82) is 0 Å². The lowest BCUT2D eigenvalue weighted by molar-refractivity contribution is 0.913. The number of thioether (sulfide) groups is 2. The van der Waals surface area contributed by atoms with E-state index in [9.17, 15) is 0 Å². The van der Waals surface area contributed by atoms with Crippen LogP contribution in [-0.4, -0.2) is 39.0 Å². The molecule has 0 radical (unpaired) electrons. The van der Waals surface area contributed by atoms with E-state index in [0.717, 1.165) is 18.2 Å². The number of nitrogens with one attached hydrogen (secondary N) is 1. The van der Waals surface area contributed by atoms with Crippen molar-refractivity contribution in [1.82, 2.24) is 9.97 Å². The van der Waals surface area contributed by atoms with Crippen LogP contribution in [0, 0.1) is 0 Å². The van der Waals surface area contributed by atoms with Gasteiger partial charge in [-0.1, -0.05) is 11.6 Å². The summed E-state index contributed by atoms with van der Waals surface area (Å²) in [6.45, 7) is 0.967. The summed E-state index contributed by atoms with van der Waals surface area (Å²) in [7, 11) is 0. The highest BCUT2D eigenvalue weighted by Crippen LogP contribution is 2.38. The second-order valence-electron chi connectivity index (χ2n) is 4.66. The zero-order chi connectivity index (χ0) is 12.4. The van der Waals surface area contributed by atoms with E-state index in [1.54, 1.807) is 0 Å². The normalized spacial score (nSPS) is 23.9. The van der Waals surface area contributed by atoms with Crippen molar-refractivity contribution in [2.75, 3.05) is 29.1 Å². The van der Waals surface area contributed by atoms with Crippen LogP contribution < -0.4 is 5.32 Å². The quantitative estimate of drug-likeness (QED) is 0.864. The number of nitrogens with zero attached hydrogens (tertiary/aromatic N) is 2. The van der Waals surface area contributed by atoms with E-state index < -0.39 is 0 Å². The molecule has 6 heteroatoms. The van der Waals surface area contributed by atoms with Crippen molar-refractivity contribution in [2.24, 2.45) is 0 Å². The summed E-state index contributed by atoms with van der Waals surface area (Å²) in [6, 6.07) is 1.83. The number of hydrogen-bond donors (Lipinski definition) is 1. The summed E-state index contributed by atoms with van der Waals surface area (Å²) in [6.07, 6.45) is 2.41. The third-order valence-corrected chi connectivity index (χ3v) is 6.09. The topological polar surface area (TPSA) is 37.8 Å². The second kappa shape index (κ2) is 5.88. The molecule has 1 aliphatic carbocycles. The van der Waals surface area contributed by atoms with Crippen molar-refractivity contribution in [3.8, 4) is 0 Å². The molecule has 1 aliphatic heterocycles. The molecule has 3 rings (SSSR count). The third kappa shape index (κ3) is 3.45. The van der Waals surface area contributed by atoms with Gasteiger partial charge in [0.2, 0.25) is 0 Å². The highest BCUT2D eigenvalue weighted by Gasteiger charge is 2.27.